The first-order valence-electron chi connectivity index (χ1n) is 4.34. The quantitative estimate of drug-likeness (QED) is 0.729. The van der Waals surface area contributed by atoms with E-state index in [9.17, 15) is 0 Å². The number of allylic oxidation sites excluding steroid dienone is 1. The van der Waals surface area contributed by atoms with Gasteiger partial charge in [0.1, 0.15) is 5.75 Å². The van der Waals surface area contributed by atoms with Crippen LogP contribution in [0.2, 0.25) is 0 Å². The van der Waals surface area contributed by atoms with Crippen LogP contribution < -0.4 is 4.74 Å². The number of hydrogen-bond acceptors (Lipinski definition) is 1. The standard InChI is InChI=1S/C11H11BrO/c1-13-11-7-9(12)6-8-4-2-3-5-10(8)11/h2,4,6-7H,3,5H2,1H3. The summed E-state index contributed by atoms with van der Waals surface area (Å²) in [5, 5.41) is 0. The number of rotatable bonds is 1. The predicted molar refractivity (Wildman–Crippen MR) is 58.0 cm³/mol. The molecule has 0 atom stereocenters. The third-order valence-electron chi connectivity index (χ3n) is 2.29. The maximum absolute atomic E-state index is 5.33. The Morgan fingerprint density at radius 1 is 1.38 bits per heavy atom. The van der Waals surface area contributed by atoms with Gasteiger partial charge in [0, 0.05) is 10.0 Å². The Morgan fingerprint density at radius 3 is 3.00 bits per heavy atom. The highest BCUT2D eigenvalue weighted by molar-refractivity contribution is 9.10. The minimum atomic E-state index is 0.994. The maximum atomic E-state index is 5.33. The summed E-state index contributed by atoms with van der Waals surface area (Å²) in [5.74, 6) is 0.994. The van der Waals surface area contributed by atoms with E-state index in [0.717, 1.165) is 23.1 Å². The Bertz CT molecular complexity index is 355. The summed E-state index contributed by atoms with van der Waals surface area (Å²) >= 11 is 3.47. The summed E-state index contributed by atoms with van der Waals surface area (Å²) in [5.41, 5.74) is 2.60. The lowest BCUT2D eigenvalue weighted by atomic mass is 9.97. The summed E-state index contributed by atoms with van der Waals surface area (Å²) < 4.78 is 6.41. The number of methoxy groups -OCH3 is 1. The van der Waals surface area contributed by atoms with Gasteiger partial charge >= 0.3 is 0 Å². The molecule has 13 heavy (non-hydrogen) atoms. The first kappa shape index (κ1) is 8.82. The van der Waals surface area contributed by atoms with Crippen LogP contribution in [0.4, 0.5) is 0 Å². The SMILES string of the molecule is COc1cc(Br)cc2c1CCC=C2. The summed E-state index contributed by atoms with van der Waals surface area (Å²) in [6.45, 7) is 0. The summed E-state index contributed by atoms with van der Waals surface area (Å²) in [6, 6.07) is 4.16. The molecule has 0 radical (unpaired) electrons. The van der Waals surface area contributed by atoms with Crippen molar-refractivity contribution in [1.29, 1.82) is 0 Å². The van der Waals surface area contributed by atoms with Gasteiger partial charge in [0.05, 0.1) is 7.11 Å². The predicted octanol–water partition coefficient (Wildman–Crippen LogP) is 3.42. The molecule has 0 spiro atoms. The fourth-order valence-corrected chi connectivity index (χ4v) is 2.12. The molecule has 0 fully saturated rings. The van der Waals surface area contributed by atoms with Gasteiger partial charge in [0.15, 0.2) is 0 Å². The average Bonchev–Trinajstić information content (AvgIpc) is 2.16. The van der Waals surface area contributed by atoms with Crippen LogP contribution in [-0.4, -0.2) is 7.11 Å². The molecule has 1 aromatic carbocycles. The van der Waals surface area contributed by atoms with Crippen molar-refractivity contribution < 1.29 is 4.74 Å². The van der Waals surface area contributed by atoms with E-state index in [1.807, 2.05) is 6.07 Å². The number of hydrogen-bond donors (Lipinski definition) is 0. The molecule has 0 heterocycles. The molecule has 2 rings (SSSR count). The summed E-state index contributed by atoms with van der Waals surface area (Å²) in [4.78, 5) is 0. The van der Waals surface area contributed by atoms with E-state index < -0.39 is 0 Å². The van der Waals surface area contributed by atoms with Gasteiger partial charge in [-0.05, 0) is 30.5 Å². The van der Waals surface area contributed by atoms with Crippen molar-refractivity contribution >= 4 is 22.0 Å². The molecule has 0 saturated carbocycles. The van der Waals surface area contributed by atoms with Gasteiger partial charge in [-0.1, -0.05) is 28.1 Å². The van der Waals surface area contributed by atoms with Gasteiger partial charge in [-0.15, -0.1) is 0 Å². The van der Waals surface area contributed by atoms with Crippen molar-refractivity contribution in [3.05, 3.63) is 33.8 Å². The van der Waals surface area contributed by atoms with Gasteiger partial charge in [-0.2, -0.15) is 0 Å². The van der Waals surface area contributed by atoms with Crippen molar-refractivity contribution in [3.8, 4) is 5.75 Å². The topological polar surface area (TPSA) is 9.23 Å². The molecule has 0 N–H and O–H groups in total. The Labute approximate surface area is 86.5 Å². The van der Waals surface area contributed by atoms with Crippen LogP contribution in [-0.2, 0) is 6.42 Å². The van der Waals surface area contributed by atoms with Crippen molar-refractivity contribution in [1.82, 2.24) is 0 Å². The van der Waals surface area contributed by atoms with Gasteiger partial charge in [-0.25, -0.2) is 0 Å². The van der Waals surface area contributed by atoms with Crippen LogP contribution in [0.25, 0.3) is 6.08 Å². The first-order valence-corrected chi connectivity index (χ1v) is 5.13. The highest BCUT2D eigenvalue weighted by Gasteiger charge is 2.10. The van der Waals surface area contributed by atoms with E-state index in [-0.39, 0.29) is 0 Å². The Morgan fingerprint density at radius 2 is 2.23 bits per heavy atom. The molecule has 2 heteroatoms. The van der Waals surface area contributed by atoms with Crippen molar-refractivity contribution in [2.24, 2.45) is 0 Å². The molecule has 1 aliphatic rings. The van der Waals surface area contributed by atoms with E-state index in [2.05, 4.69) is 34.1 Å². The highest BCUT2D eigenvalue weighted by Crippen LogP contribution is 2.31. The third kappa shape index (κ3) is 1.63. The zero-order valence-electron chi connectivity index (χ0n) is 7.51. The van der Waals surface area contributed by atoms with Crippen LogP contribution in [0.15, 0.2) is 22.7 Å². The van der Waals surface area contributed by atoms with E-state index >= 15 is 0 Å². The van der Waals surface area contributed by atoms with Crippen LogP contribution in [0.3, 0.4) is 0 Å². The minimum absolute atomic E-state index is 0.994. The third-order valence-corrected chi connectivity index (χ3v) is 2.74. The molecule has 1 aromatic rings. The van der Waals surface area contributed by atoms with Crippen LogP contribution in [0.1, 0.15) is 17.5 Å². The molecule has 1 nitrogen and oxygen atoms in total. The zero-order chi connectivity index (χ0) is 9.26. The fraction of sp³-hybridized carbons (Fsp3) is 0.273. The molecule has 0 bridgehead atoms. The lowest BCUT2D eigenvalue weighted by Gasteiger charge is -2.14. The van der Waals surface area contributed by atoms with E-state index in [4.69, 9.17) is 4.74 Å². The maximum Gasteiger partial charge on any atom is 0.123 e. The summed E-state index contributed by atoms with van der Waals surface area (Å²) in [7, 11) is 1.72. The molecule has 0 amide bonds. The van der Waals surface area contributed by atoms with Crippen molar-refractivity contribution in [2.45, 2.75) is 12.8 Å². The van der Waals surface area contributed by atoms with Crippen LogP contribution in [0, 0.1) is 0 Å². The number of ether oxygens (including phenoxy) is 1. The molecule has 1 aliphatic carbocycles. The molecule has 0 aromatic heterocycles. The second-order valence-corrected chi connectivity index (χ2v) is 4.03. The normalized spacial score (nSPS) is 14.0. The Balaban J connectivity index is 2.58. The lowest BCUT2D eigenvalue weighted by Crippen LogP contribution is -1.98. The average molecular weight is 239 g/mol. The second kappa shape index (κ2) is 3.54. The summed E-state index contributed by atoms with van der Waals surface area (Å²) in [6.07, 6.45) is 6.56. The van der Waals surface area contributed by atoms with Gasteiger partial charge in [-0.3, -0.25) is 0 Å². The second-order valence-electron chi connectivity index (χ2n) is 3.12. The number of halogens is 1. The molecule has 0 unspecified atom stereocenters. The number of benzene rings is 1. The first-order chi connectivity index (χ1) is 6.31. The molecule has 0 saturated heterocycles. The monoisotopic (exact) mass is 238 g/mol. The zero-order valence-corrected chi connectivity index (χ0v) is 9.10. The van der Waals surface area contributed by atoms with Crippen molar-refractivity contribution in [2.75, 3.05) is 7.11 Å². The van der Waals surface area contributed by atoms with Gasteiger partial charge in [0.2, 0.25) is 0 Å². The molecule has 68 valence electrons. The molecule has 0 aliphatic heterocycles. The Kier molecular flexibility index (Phi) is 2.40. The molecular formula is C11H11BrO. The smallest absolute Gasteiger partial charge is 0.123 e. The van der Waals surface area contributed by atoms with E-state index in [0.29, 0.717) is 0 Å². The molecular weight excluding hydrogens is 228 g/mol. The van der Waals surface area contributed by atoms with E-state index in [1.54, 1.807) is 7.11 Å². The minimum Gasteiger partial charge on any atom is -0.496 e. The largest absolute Gasteiger partial charge is 0.496 e. The van der Waals surface area contributed by atoms with E-state index in [1.165, 1.54) is 11.1 Å². The van der Waals surface area contributed by atoms with Gasteiger partial charge < -0.3 is 4.74 Å². The highest BCUT2D eigenvalue weighted by atomic mass is 79.9. The lowest BCUT2D eigenvalue weighted by molar-refractivity contribution is 0.409. The van der Waals surface area contributed by atoms with Gasteiger partial charge in [0.25, 0.3) is 0 Å². The van der Waals surface area contributed by atoms with Crippen LogP contribution >= 0.6 is 15.9 Å². The van der Waals surface area contributed by atoms with Crippen LogP contribution in [0.5, 0.6) is 5.75 Å². The van der Waals surface area contributed by atoms with Crippen molar-refractivity contribution in [3.63, 3.8) is 0 Å². The fourth-order valence-electron chi connectivity index (χ4n) is 1.67. The Hall–Kier alpha value is -0.760. The number of fused-ring (bicyclic) bond motifs is 1.